The molecule has 0 saturated carbocycles. The zero-order chi connectivity index (χ0) is 23.5. The molecule has 0 N–H and O–H groups in total. The molecule has 172 valence electrons. The van der Waals surface area contributed by atoms with E-state index in [1.165, 1.54) is 0 Å². The van der Waals surface area contributed by atoms with E-state index in [2.05, 4.69) is 4.98 Å². The Morgan fingerprint density at radius 3 is 2.62 bits per heavy atom. The molecule has 2 aromatic rings. The van der Waals surface area contributed by atoms with Crippen molar-refractivity contribution in [2.24, 2.45) is 0 Å². The molecule has 32 heavy (non-hydrogen) atoms. The van der Waals surface area contributed by atoms with Crippen LogP contribution in [-0.2, 0) is 20.8 Å². The number of aromatic nitrogens is 2. The smallest absolute Gasteiger partial charge is 0.420 e. The number of cyclic esters (lactones) is 1. The zero-order valence-corrected chi connectivity index (χ0v) is 19.7. The third kappa shape index (κ3) is 5.56. The van der Waals surface area contributed by atoms with Crippen LogP contribution in [0.25, 0.3) is 0 Å². The number of thiocarbonyl (C=S) groups is 1. The summed E-state index contributed by atoms with van der Waals surface area (Å²) < 4.78 is 18.6. The van der Waals surface area contributed by atoms with Crippen LogP contribution >= 0.6 is 12.2 Å². The Morgan fingerprint density at radius 2 is 2.00 bits per heavy atom. The predicted molar refractivity (Wildman–Crippen MR) is 121 cm³/mol. The van der Waals surface area contributed by atoms with Crippen LogP contribution in [0, 0.1) is 0 Å². The van der Waals surface area contributed by atoms with Gasteiger partial charge >= 0.3 is 12.2 Å². The lowest BCUT2D eigenvalue weighted by molar-refractivity contribution is 0.0144. The highest BCUT2D eigenvalue weighted by molar-refractivity contribution is 7.80. The molecule has 2 heterocycles. The first-order chi connectivity index (χ1) is 15.1. The van der Waals surface area contributed by atoms with Crippen molar-refractivity contribution in [3.63, 3.8) is 0 Å². The van der Waals surface area contributed by atoms with Gasteiger partial charge in [0.05, 0.1) is 0 Å². The molecule has 1 aromatic heterocycles. The number of imide groups is 1. The third-order valence-electron chi connectivity index (χ3n) is 4.64. The molecule has 0 aliphatic carbocycles. The summed E-state index contributed by atoms with van der Waals surface area (Å²) in [6, 6.07) is 9.04. The maximum atomic E-state index is 12.8. The molecular formula is C22H28N4O5S. The maximum Gasteiger partial charge on any atom is 0.420 e. The molecule has 1 aliphatic heterocycles. The van der Waals surface area contributed by atoms with E-state index in [0.717, 1.165) is 10.5 Å². The van der Waals surface area contributed by atoms with E-state index in [-0.39, 0.29) is 11.8 Å². The first-order valence-corrected chi connectivity index (χ1v) is 10.6. The fourth-order valence-electron chi connectivity index (χ4n) is 3.19. The van der Waals surface area contributed by atoms with Crippen molar-refractivity contribution in [2.45, 2.75) is 45.1 Å². The molecule has 1 fully saturated rings. The monoisotopic (exact) mass is 460 g/mol. The molecule has 10 heteroatoms. The number of imidazole rings is 1. The number of rotatable bonds is 5. The summed E-state index contributed by atoms with van der Waals surface area (Å²) in [5, 5.41) is 0.188. The highest BCUT2D eigenvalue weighted by atomic mass is 32.1. The highest BCUT2D eigenvalue weighted by Crippen LogP contribution is 2.31. The second-order valence-corrected chi connectivity index (χ2v) is 8.94. The molecular weight excluding hydrogens is 432 g/mol. The van der Waals surface area contributed by atoms with Crippen LogP contribution in [0.3, 0.4) is 0 Å². The van der Waals surface area contributed by atoms with Crippen LogP contribution in [0.5, 0.6) is 0 Å². The van der Waals surface area contributed by atoms with E-state index >= 15 is 0 Å². The molecule has 1 saturated heterocycles. The quantitative estimate of drug-likeness (QED) is 0.626. The summed E-state index contributed by atoms with van der Waals surface area (Å²) in [6.07, 6.45) is 0.989. The molecule has 9 nitrogen and oxygen atoms in total. The van der Waals surface area contributed by atoms with Crippen molar-refractivity contribution in [1.29, 1.82) is 0 Å². The van der Waals surface area contributed by atoms with Gasteiger partial charge in [-0.2, -0.15) is 0 Å². The van der Waals surface area contributed by atoms with Crippen LogP contribution in [0.1, 0.15) is 38.3 Å². The topological polar surface area (TPSA) is 86.1 Å². The van der Waals surface area contributed by atoms with Crippen LogP contribution in [-0.4, -0.2) is 69.1 Å². The Morgan fingerprint density at radius 1 is 1.31 bits per heavy atom. The number of hydrogen-bond donors (Lipinski definition) is 0. The fraction of sp³-hybridized carbons (Fsp3) is 0.455. The van der Waals surface area contributed by atoms with Gasteiger partial charge in [0.2, 0.25) is 0 Å². The van der Waals surface area contributed by atoms with Crippen LogP contribution in [0.2, 0.25) is 0 Å². The molecule has 0 radical (unpaired) electrons. The first kappa shape index (κ1) is 23.5. The average Bonchev–Trinajstić information content (AvgIpc) is 3.32. The van der Waals surface area contributed by atoms with Crippen molar-refractivity contribution in [2.75, 3.05) is 20.7 Å². The summed E-state index contributed by atoms with van der Waals surface area (Å²) >= 11 is 5.36. The Balaban J connectivity index is 1.96. The highest BCUT2D eigenvalue weighted by Gasteiger charge is 2.47. The maximum absolute atomic E-state index is 12.8. The SMILES string of the molecule is CN(C)C(=S)O[C@H](c1nccn1Cc1ccccc1)[C@@H]1COC(=O)N1C(=O)OC(C)(C)C. The Bertz CT molecular complexity index is 970. The van der Waals surface area contributed by atoms with Gasteiger partial charge in [0, 0.05) is 33.0 Å². The number of hydrogen-bond acceptors (Lipinski definition) is 7. The molecule has 3 rings (SSSR count). The van der Waals surface area contributed by atoms with Gasteiger partial charge in [-0.1, -0.05) is 30.3 Å². The minimum atomic E-state index is -0.859. The molecule has 0 spiro atoms. The van der Waals surface area contributed by atoms with E-state index in [9.17, 15) is 9.59 Å². The largest absolute Gasteiger partial charge is 0.457 e. The minimum absolute atomic E-state index is 0.0724. The number of ether oxygens (including phenoxy) is 3. The zero-order valence-electron chi connectivity index (χ0n) is 18.8. The van der Waals surface area contributed by atoms with Crippen molar-refractivity contribution in [3.8, 4) is 0 Å². The van der Waals surface area contributed by atoms with Gasteiger partial charge < -0.3 is 23.7 Å². The van der Waals surface area contributed by atoms with Gasteiger partial charge in [-0.25, -0.2) is 19.5 Å². The Hall–Kier alpha value is -3.14. The summed E-state index contributed by atoms with van der Waals surface area (Å²) in [5.74, 6) is 0.509. The van der Waals surface area contributed by atoms with Crippen LogP contribution in [0.4, 0.5) is 9.59 Å². The predicted octanol–water partition coefficient (Wildman–Crippen LogP) is 3.59. The van der Waals surface area contributed by atoms with E-state index in [1.54, 1.807) is 46.0 Å². The summed E-state index contributed by atoms with van der Waals surface area (Å²) in [6.45, 7) is 5.63. The average molecular weight is 461 g/mol. The molecule has 1 aliphatic rings. The summed E-state index contributed by atoms with van der Waals surface area (Å²) in [5.41, 5.74) is 0.273. The number of carbonyl (C=O) groups excluding carboxylic acids is 2. The standard InChI is InChI=1S/C22H28N4O5S/c1-22(2,3)31-20(28)26-16(14-29-19(26)27)17(30-21(32)24(4)5)18-23-11-12-25(18)13-15-9-7-6-8-10-15/h6-12,16-17H,13-14H2,1-5H3/t16-,17-/m0/s1. The molecule has 2 amide bonds. The lowest BCUT2D eigenvalue weighted by Gasteiger charge is -2.31. The fourth-order valence-corrected chi connectivity index (χ4v) is 3.29. The van der Waals surface area contributed by atoms with Crippen LogP contribution < -0.4 is 0 Å². The number of amides is 2. The molecule has 0 unspecified atom stereocenters. The first-order valence-electron chi connectivity index (χ1n) is 10.2. The Kier molecular flexibility index (Phi) is 7.02. The lowest BCUT2D eigenvalue weighted by Crippen LogP contribution is -2.47. The van der Waals surface area contributed by atoms with E-state index in [4.69, 9.17) is 26.4 Å². The van der Waals surface area contributed by atoms with Crippen molar-refractivity contribution < 1.29 is 23.8 Å². The van der Waals surface area contributed by atoms with E-state index in [1.807, 2.05) is 41.1 Å². The summed E-state index contributed by atoms with van der Waals surface area (Å²) in [7, 11) is 3.50. The molecule has 1 aromatic carbocycles. The molecule has 0 bridgehead atoms. The van der Waals surface area contributed by atoms with Crippen molar-refractivity contribution in [1.82, 2.24) is 19.4 Å². The third-order valence-corrected chi connectivity index (χ3v) is 5.10. The molecule has 2 atom stereocenters. The minimum Gasteiger partial charge on any atom is -0.457 e. The number of nitrogens with zero attached hydrogens (tertiary/aromatic N) is 4. The lowest BCUT2D eigenvalue weighted by atomic mass is 10.1. The summed E-state index contributed by atoms with van der Waals surface area (Å²) in [4.78, 5) is 32.3. The van der Waals surface area contributed by atoms with Gasteiger partial charge in [0.1, 0.15) is 18.2 Å². The van der Waals surface area contributed by atoms with E-state index < -0.39 is 29.9 Å². The normalized spacial score (nSPS) is 17.0. The number of carbonyl (C=O) groups is 2. The van der Waals surface area contributed by atoms with Gasteiger partial charge in [0.25, 0.3) is 5.17 Å². The van der Waals surface area contributed by atoms with E-state index in [0.29, 0.717) is 12.4 Å². The second-order valence-electron chi connectivity index (χ2n) is 8.59. The van der Waals surface area contributed by atoms with Gasteiger partial charge in [-0.15, -0.1) is 0 Å². The second kappa shape index (κ2) is 9.56. The Labute approximate surface area is 192 Å². The van der Waals surface area contributed by atoms with Crippen LogP contribution in [0.15, 0.2) is 42.7 Å². The van der Waals surface area contributed by atoms with Crippen molar-refractivity contribution >= 4 is 29.6 Å². The van der Waals surface area contributed by atoms with Crippen molar-refractivity contribution in [3.05, 3.63) is 54.1 Å². The number of benzene rings is 1. The van der Waals surface area contributed by atoms with Gasteiger partial charge in [0.15, 0.2) is 11.9 Å². The van der Waals surface area contributed by atoms with Gasteiger partial charge in [-0.3, -0.25) is 0 Å². The van der Waals surface area contributed by atoms with Gasteiger partial charge in [-0.05, 0) is 38.6 Å².